The molecule has 3 aliphatic heterocycles. The molecule has 1 amide bonds. The second-order valence-corrected chi connectivity index (χ2v) is 15.3. The van der Waals surface area contributed by atoms with E-state index in [9.17, 15) is 9.59 Å². The number of ether oxygens (including phenoxy) is 2. The number of hydrogen-bond acceptors (Lipinski definition) is 6. The first-order valence-corrected chi connectivity index (χ1v) is 14.1. The standard InChI is InChI=1S/C21H33NO5SSi/c1-8-11-26-20(24)16-17(14-10-9-12-25-14)28-19-15(18(23)22(16)19)13(2)27-29(6,7)21(3,4)5/h8,13-15,19H,1,9-12H2,2-7H3/t13-,14-,15+,19+/m1/s1. The van der Waals surface area contributed by atoms with Crippen molar-refractivity contribution in [1.29, 1.82) is 0 Å². The first kappa shape index (κ1) is 22.6. The summed E-state index contributed by atoms with van der Waals surface area (Å²) in [5.41, 5.74) is 0.356. The first-order valence-electron chi connectivity index (χ1n) is 10.3. The fourth-order valence-electron chi connectivity index (χ4n) is 3.72. The molecule has 0 N–H and O–H groups in total. The van der Waals surface area contributed by atoms with Crippen LogP contribution < -0.4 is 0 Å². The van der Waals surface area contributed by atoms with Crippen molar-refractivity contribution in [2.45, 2.75) is 76.3 Å². The van der Waals surface area contributed by atoms with Crippen LogP contribution in [0.15, 0.2) is 23.3 Å². The molecule has 3 heterocycles. The van der Waals surface area contributed by atoms with Crippen molar-refractivity contribution in [1.82, 2.24) is 4.90 Å². The third kappa shape index (κ3) is 4.09. The summed E-state index contributed by atoms with van der Waals surface area (Å²) in [5.74, 6) is -0.808. The van der Waals surface area contributed by atoms with Gasteiger partial charge in [-0.2, -0.15) is 0 Å². The number of thioether (sulfide) groups is 1. The van der Waals surface area contributed by atoms with Crippen molar-refractivity contribution in [2.75, 3.05) is 13.2 Å². The third-order valence-electron chi connectivity index (χ3n) is 6.35. The molecule has 0 bridgehead atoms. The number of hydrogen-bond donors (Lipinski definition) is 0. The SMILES string of the molecule is C=CCOC(=O)C1=C([C@H]2CCCO2)S[C@H]2[C@@H]([C@@H](C)O[Si](C)(C)C(C)(C)C)C(=O)N12. The summed E-state index contributed by atoms with van der Waals surface area (Å²) >= 11 is 1.57. The number of β-lactam (4-membered cyclic amide) rings is 1. The van der Waals surface area contributed by atoms with Crippen molar-refractivity contribution in [3.05, 3.63) is 23.3 Å². The molecular formula is C21H33NO5SSi. The van der Waals surface area contributed by atoms with Gasteiger partial charge in [0.2, 0.25) is 5.91 Å². The van der Waals surface area contributed by atoms with Crippen LogP contribution in [-0.4, -0.2) is 55.9 Å². The lowest BCUT2D eigenvalue weighted by atomic mass is 9.92. The number of amides is 1. The Bertz CT molecular complexity index is 723. The monoisotopic (exact) mass is 439 g/mol. The van der Waals surface area contributed by atoms with Crippen molar-refractivity contribution >= 4 is 32.0 Å². The Labute approximate surface area is 179 Å². The molecule has 3 aliphatic rings. The lowest BCUT2D eigenvalue weighted by Gasteiger charge is -2.48. The van der Waals surface area contributed by atoms with Crippen LogP contribution >= 0.6 is 11.8 Å². The Kier molecular flexibility index (Phi) is 6.39. The van der Waals surface area contributed by atoms with Crippen LogP contribution in [0, 0.1) is 5.92 Å². The zero-order valence-electron chi connectivity index (χ0n) is 18.3. The molecule has 29 heavy (non-hydrogen) atoms. The molecule has 0 aromatic carbocycles. The van der Waals surface area contributed by atoms with E-state index in [0.29, 0.717) is 12.3 Å². The lowest BCUT2D eigenvalue weighted by molar-refractivity contribution is -0.157. The Balaban J connectivity index is 1.80. The number of rotatable bonds is 7. The summed E-state index contributed by atoms with van der Waals surface area (Å²) in [6, 6.07) is 0. The van der Waals surface area contributed by atoms with Crippen molar-refractivity contribution in [3.8, 4) is 0 Å². The van der Waals surface area contributed by atoms with Crippen LogP contribution in [0.1, 0.15) is 40.5 Å². The minimum atomic E-state index is -2.01. The first-order chi connectivity index (χ1) is 13.5. The highest BCUT2D eigenvalue weighted by molar-refractivity contribution is 8.04. The molecule has 0 saturated carbocycles. The van der Waals surface area contributed by atoms with Crippen molar-refractivity contribution in [3.63, 3.8) is 0 Å². The van der Waals surface area contributed by atoms with E-state index in [-0.39, 0.29) is 41.1 Å². The Hall–Kier alpha value is -1.09. The quantitative estimate of drug-likeness (QED) is 0.258. The number of esters is 1. The molecule has 0 aliphatic carbocycles. The molecule has 162 valence electrons. The van der Waals surface area contributed by atoms with E-state index < -0.39 is 14.3 Å². The molecule has 0 aromatic heterocycles. The van der Waals surface area contributed by atoms with Crippen LogP contribution in [-0.2, 0) is 23.5 Å². The van der Waals surface area contributed by atoms with Gasteiger partial charge in [-0.05, 0) is 37.9 Å². The second kappa shape index (κ2) is 8.21. The summed E-state index contributed by atoms with van der Waals surface area (Å²) in [5, 5.41) is -0.0649. The van der Waals surface area contributed by atoms with Crippen LogP contribution in [0.2, 0.25) is 18.1 Å². The maximum atomic E-state index is 13.1. The van der Waals surface area contributed by atoms with Crippen LogP contribution in [0.5, 0.6) is 0 Å². The summed E-state index contributed by atoms with van der Waals surface area (Å²) in [4.78, 5) is 28.3. The van der Waals surface area contributed by atoms with Crippen molar-refractivity contribution < 1.29 is 23.5 Å². The Morgan fingerprint density at radius 2 is 2.14 bits per heavy atom. The van der Waals surface area contributed by atoms with E-state index in [2.05, 4.69) is 40.4 Å². The molecule has 3 rings (SSSR count). The van der Waals surface area contributed by atoms with E-state index in [1.54, 1.807) is 16.7 Å². The number of nitrogens with zero attached hydrogens (tertiary/aromatic N) is 1. The van der Waals surface area contributed by atoms with Crippen LogP contribution in [0.3, 0.4) is 0 Å². The predicted molar refractivity (Wildman–Crippen MR) is 117 cm³/mol. The largest absolute Gasteiger partial charge is 0.457 e. The molecule has 0 spiro atoms. The maximum absolute atomic E-state index is 13.1. The number of carbonyl (C=O) groups is 2. The van der Waals surface area contributed by atoms with Gasteiger partial charge < -0.3 is 13.9 Å². The maximum Gasteiger partial charge on any atom is 0.356 e. The molecule has 2 saturated heterocycles. The van der Waals surface area contributed by atoms with Gasteiger partial charge in [-0.15, -0.1) is 0 Å². The highest BCUT2D eigenvalue weighted by Gasteiger charge is 2.60. The van der Waals surface area contributed by atoms with E-state index in [1.165, 1.54) is 6.08 Å². The molecule has 0 radical (unpaired) electrons. The normalized spacial score (nSPS) is 28.3. The molecule has 0 aromatic rings. The zero-order valence-corrected chi connectivity index (χ0v) is 20.1. The average Bonchev–Trinajstić information content (AvgIpc) is 3.23. The highest BCUT2D eigenvalue weighted by atomic mass is 32.2. The summed E-state index contributed by atoms with van der Waals surface area (Å²) in [7, 11) is -2.01. The fraction of sp³-hybridized carbons (Fsp3) is 0.714. The summed E-state index contributed by atoms with van der Waals surface area (Å²) in [6.07, 6.45) is 3.00. The van der Waals surface area contributed by atoms with Gasteiger partial charge >= 0.3 is 5.97 Å². The van der Waals surface area contributed by atoms with Gasteiger partial charge in [0, 0.05) is 11.5 Å². The molecule has 4 atom stereocenters. The topological polar surface area (TPSA) is 65.1 Å². The Morgan fingerprint density at radius 1 is 1.45 bits per heavy atom. The van der Waals surface area contributed by atoms with Crippen LogP contribution in [0.4, 0.5) is 0 Å². The summed E-state index contributed by atoms with van der Waals surface area (Å²) < 4.78 is 17.6. The minimum absolute atomic E-state index is 0.0627. The van der Waals surface area contributed by atoms with E-state index in [0.717, 1.165) is 17.7 Å². The lowest BCUT2D eigenvalue weighted by Crippen LogP contribution is -2.62. The summed E-state index contributed by atoms with van der Waals surface area (Å²) in [6.45, 7) is 17.3. The Morgan fingerprint density at radius 3 is 2.69 bits per heavy atom. The van der Waals surface area contributed by atoms with Gasteiger partial charge in [0.25, 0.3) is 0 Å². The minimum Gasteiger partial charge on any atom is -0.457 e. The van der Waals surface area contributed by atoms with Gasteiger partial charge in [-0.1, -0.05) is 45.2 Å². The zero-order chi connectivity index (χ0) is 21.6. The average molecular weight is 440 g/mol. The number of carbonyl (C=O) groups excluding carboxylic acids is 2. The van der Waals surface area contributed by atoms with E-state index >= 15 is 0 Å². The molecular weight excluding hydrogens is 406 g/mol. The number of fused-ring (bicyclic) bond motifs is 1. The van der Waals surface area contributed by atoms with Gasteiger partial charge in [0.1, 0.15) is 17.7 Å². The highest BCUT2D eigenvalue weighted by Crippen LogP contribution is 2.54. The third-order valence-corrected chi connectivity index (χ3v) is 12.4. The van der Waals surface area contributed by atoms with E-state index in [4.69, 9.17) is 13.9 Å². The fourth-order valence-corrected chi connectivity index (χ4v) is 6.84. The smallest absolute Gasteiger partial charge is 0.356 e. The van der Waals surface area contributed by atoms with Gasteiger partial charge in [-0.3, -0.25) is 9.69 Å². The van der Waals surface area contributed by atoms with Gasteiger partial charge in [-0.25, -0.2) is 4.79 Å². The molecule has 8 heteroatoms. The van der Waals surface area contributed by atoms with Gasteiger partial charge in [0.05, 0.1) is 18.1 Å². The molecule has 0 unspecified atom stereocenters. The molecule has 2 fully saturated rings. The predicted octanol–water partition coefficient (Wildman–Crippen LogP) is 4.05. The van der Waals surface area contributed by atoms with E-state index in [1.807, 2.05) is 6.92 Å². The molecule has 6 nitrogen and oxygen atoms in total. The van der Waals surface area contributed by atoms with Gasteiger partial charge in [0.15, 0.2) is 8.32 Å². The van der Waals surface area contributed by atoms with Crippen molar-refractivity contribution in [2.24, 2.45) is 5.92 Å². The van der Waals surface area contributed by atoms with Crippen LogP contribution in [0.25, 0.3) is 0 Å². The second-order valence-electron chi connectivity index (χ2n) is 9.43.